The molecule has 0 aromatic heterocycles. The van der Waals surface area contributed by atoms with Gasteiger partial charge in [0, 0.05) is 5.56 Å². The first-order valence-electron chi connectivity index (χ1n) is 6.45. The third-order valence-electron chi connectivity index (χ3n) is 3.05. The van der Waals surface area contributed by atoms with Crippen LogP contribution in [0.25, 0.3) is 0 Å². The van der Waals surface area contributed by atoms with E-state index >= 15 is 0 Å². The first-order chi connectivity index (χ1) is 10.1. The van der Waals surface area contributed by atoms with E-state index in [9.17, 15) is 4.79 Å². The number of benzene rings is 2. The molecule has 0 aliphatic carbocycles. The number of Topliss-reactive ketones (excluding diaryl/α,β-unsaturated/α-hetero) is 1. The van der Waals surface area contributed by atoms with Crippen LogP contribution in [0.15, 0.2) is 42.5 Å². The van der Waals surface area contributed by atoms with Crippen molar-refractivity contribution < 1.29 is 14.3 Å². The summed E-state index contributed by atoms with van der Waals surface area (Å²) in [5.41, 5.74) is 2.01. The van der Waals surface area contributed by atoms with Crippen molar-refractivity contribution in [3.05, 3.63) is 59.2 Å². The number of ether oxygens (including phenoxy) is 2. The highest BCUT2D eigenvalue weighted by Crippen LogP contribution is 2.20. The van der Waals surface area contributed by atoms with Gasteiger partial charge in [-0.25, -0.2) is 0 Å². The Morgan fingerprint density at radius 1 is 1.19 bits per heavy atom. The number of hydrogen-bond donors (Lipinski definition) is 0. The minimum absolute atomic E-state index is 0.0235. The predicted octanol–water partition coefficient (Wildman–Crippen LogP) is 3.35. The van der Waals surface area contributed by atoms with Crippen LogP contribution in [0.1, 0.15) is 28.4 Å². The van der Waals surface area contributed by atoms with Gasteiger partial charge in [0.25, 0.3) is 0 Å². The topological polar surface area (TPSA) is 59.3 Å². The second kappa shape index (κ2) is 6.58. The lowest BCUT2D eigenvalue weighted by Gasteiger charge is -2.08. The van der Waals surface area contributed by atoms with E-state index in [1.165, 1.54) is 14.0 Å². The highest BCUT2D eigenvalue weighted by molar-refractivity contribution is 5.94. The number of methoxy groups -OCH3 is 1. The third-order valence-corrected chi connectivity index (χ3v) is 3.05. The van der Waals surface area contributed by atoms with Crippen molar-refractivity contribution >= 4 is 5.78 Å². The third kappa shape index (κ3) is 3.61. The summed E-state index contributed by atoms with van der Waals surface area (Å²) in [6, 6.07) is 14.4. The monoisotopic (exact) mass is 281 g/mol. The molecule has 0 unspecified atom stereocenters. The molecule has 0 radical (unpaired) electrons. The molecule has 0 spiro atoms. The highest BCUT2D eigenvalue weighted by Gasteiger charge is 2.05. The van der Waals surface area contributed by atoms with Crippen LogP contribution in [0, 0.1) is 11.3 Å². The molecule has 0 N–H and O–H groups in total. The number of carbonyl (C=O) groups is 1. The fraction of sp³-hybridized carbons (Fsp3) is 0.176. The van der Waals surface area contributed by atoms with E-state index in [2.05, 4.69) is 6.07 Å². The second-order valence-electron chi connectivity index (χ2n) is 4.52. The van der Waals surface area contributed by atoms with E-state index < -0.39 is 0 Å². The Morgan fingerprint density at radius 2 is 1.90 bits per heavy atom. The average molecular weight is 281 g/mol. The number of nitrogens with zero attached hydrogens (tertiary/aromatic N) is 1. The van der Waals surface area contributed by atoms with E-state index in [0.29, 0.717) is 29.2 Å². The van der Waals surface area contributed by atoms with Crippen molar-refractivity contribution in [3.63, 3.8) is 0 Å². The van der Waals surface area contributed by atoms with Gasteiger partial charge in [0.2, 0.25) is 0 Å². The molecule has 0 fully saturated rings. The molecular formula is C17H15NO3. The lowest BCUT2D eigenvalue weighted by Crippen LogP contribution is -1.98. The van der Waals surface area contributed by atoms with E-state index in [1.54, 1.807) is 36.4 Å². The maximum absolute atomic E-state index is 11.2. The second-order valence-corrected chi connectivity index (χ2v) is 4.52. The Bertz CT molecular complexity index is 684. The summed E-state index contributed by atoms with van der Waals surface area (Å²) in [4.78, 5) is 11.2. The molecule has 2 rings (SSSR count). The fourth-order valence-corrected chi connectivity index (χ4v) is 1.88. The van der Waals surface area contributed by atoms with E-state index in [-0.39, 0.29) is 5.78 Å². The molecule has 0 aliphatic rings. The van der Waals surface area contributed by atoms with Crippen LogP contribution >= 0.6 is 0 Å². The molecular weight excluding hydrogens is 266 g/mol. The standard InChI is InChI=1S/C17H15NO3/c1-12(19)14-4-6-16(7-5-14)21-11-13-3-8-17(20-2)15(9-13)10-18/h3-9H,11H2,1-2H3. The summed E-state index contributed by atoms with van der Waals surface area (Å²) in [5.74, 6) is 1.25. The minimum atomic E-state index is 0.0235. The van der Waals surface area contributed by atoms with Crippen LogP contribution in [0.5, 0.6) is 11.5 Å². The summed E-state index contributed by atoms with van der Waals surface area (Å²) < 4.78 is 10.7. The first kappa shape index (κ1) is 14.6. The van der Waals surface area contributed by atoms with Crippen LogP contribution in [0.3, 0.4) is 0 Å². The molecule has 0 bridgehead atoms. The quantitative estimate of drug-likeness (QED) is 0.788. The Balaban J connectivity index is 2.06. The molecule has 0 heterocycles. The normalized spacial score (nSPS) is 9.76. The molecule has 2 aromatic carbocycles. The van der Waals surface area contributed by atoms with Gasteiger partial charge in [0.1, 0.15) is 24.2 Å². The maximum Gasteiger partial charge on any atom is 0.159 e. The lowest BCUT2D eigenvalue weighted by atomic mass is 10.1. The minimum Gasteiger partial charge on any atom is -0.495 e. The average Bonchev–Trinajstić information content (AvgIpc) is 2.52. The molecule has 0 saturated heterocycles. The number of rotatable bonds is 5. The van der Waals surface area contributed by atoms with Crippen molar-refractivity contribution in [1.29, 1.82) is 5.26 Å². The molecule has 4 heteroatoms. The van der Waals surface area contributed by atoms with Crippen molar-refractivity contribution in [2.75, 3.05) is 7.11 Å². The van der Waals surface area contributed by atoms with Gasteiger partial charge < -0.3 is 9.47 Å². The van der Waals surface area contributed by atoms with Crippen LogP contribution in [-0.2, 0) is 6.61 Å². The van der Waals surface area contributed by atoms with Gasteiger partial charge in [-0.2, -0.15) is 5.26 Å². The number of nitriles is 1. The summed E-state index contributed by atoms with van der Waals surface area (Å²) in [5, 5.41) is 9.04. The number of carbonyl (C=O) groups excluding carboxylic acids is 1. The van der Waals surface area contributed by atoms with Gasteiger partial charge >= 0.3 is 0 Å². The zero-order valence-corrected chi connectivity index (χ0v) is 11.9. The molecule has 0 amide bonds. The van der Waals surface area contributed by atoms with Crippen molar-refractivity contribution in [3.8, 4) is 17.6 Å². The zero-order valence-electron chi connectivity index (χ0n) is 11.9. The van der Waals surface area contributed by atoms with Gasteiger partial charge in [-0.3, -0.25) is 4.79 Å². The zero-order chi connectivity index (χ0) is 15.2. The summed E-state index contributed by atoms with van der Waals surface area (Å²) in [6.45, 7) is 1.87. The molecule has 0 saturated carbocycles. The van der Waals surface area contributed by atoms with E-state index in [1.807, 2.05) is 6.07 Å². The van der Waals surface area contributed by atoms with Crippen LogP contribution in [0.2, 0.25) is 0 Å². The lowest BCUT2D eigenvalue weighted by molar-refractivity contribution is 0.101. The first-order valence-corrected chi connectivity index (χ1v) is 6.45. The molecule has 4 nitrogen and oxygen atoms in total. The number of ketones is 1. The van der Waals surface area contributed by atoms with Gasteiger partial charge in [-0.05, 0) is 48.9 Å². The SMILES string of the molecule is COc1ccc(COc2ccc(C(C)=O)cc2)cc1C#N. The Kier molecular flexibility index (Phi) is 4.57. The number of hydrogen-bond acceptors (Lipinski definition) is 4. The predicted molar refractivity (Wildman–Crippen MR) is 78.5 cm³/mol. The van der Waals surface area contributed by atoms with Gasteiger partial charge in [-0.1, -0.05) is 6.07 Å². The summed E-state index contributed by atoms with van der Waals surface area (Å²) >= 11 is 0. The molecule has 106 valence electrons. The van der Waals surface area contributed by atoms with Gasteiger partial charge in [-0.15, -0.1) is 0 Å². The van der Waals surface area contributed by atoms with Crippen molar-refractivity contribution in [2.24, 2.45) is 0 Å². The fourth-order valence-electron chi connectivity index (χ4n) is 1.88. The van der Waals surface area contributed by atoms with Gasteiger partial charge in [0.05, 0.1) is 12.7 Å². The van der Waals surface area contributed by atoms with Crippen LogP contribution in [-0.4, -0.2) is 12.9 Å². The van der Waals surface area contributed by atoms with Crippen LogP contribution < -0.4 is 9.47 Å². The molecule has 2 aromatic rings. The Hall–Kier alpha value is -2.80. The smallest absolute Gasteiger partial charge is 0.159 e. The van der Waals surface area contributed by atoms with Gasteiger partial charge in [0.15, 0.2) is 5.78 Å². The van der Waals surface area contributed by atoms with Crippen molar-refractivity contribution in [2.45, 2.75) is 13.5 Å². The molecule has 21 heavy (non-hydrogen) atoms. The van der Waals surface area contributed by atoms with Crippen molar-refractivity contribution in [1.82, 2.24) is 0 Å². The molecule has 0 aliphatic heterocycles. The van der Waals surface area contributed by atoms with E-state index in [4.69, 9.17) is 14.7 Å². The Morgan fingerprint density at radius 3 is 2.48 bits per heavy atom. The largest absolute Gasteiger partial charge is 0.495 e. The Labute approximate surface area is 123 Å². The highest BCUT2D eigenvalue weighted by atomic mass is 16.5. The summed E-state index contributed by atoms with van der Waals surface area (Å²) in [6.07, 6.45) is 0. The maximum atomic E-state index is 11.2. The molecule has 0 atom stereocenters. The van der Waals surface area contributed by atoms with E-state index in [0.717, 1.165) is 5.56 Å². The summed E-state index contributed by atoms with van der Waals surface area (Å²) in [7, 11) is 1.53. The van der Waals surface area contributed by atoms with Crippen LogP contribution in [0.4, 0.5) is 0 Å².